The van der Waals surface area contributed by atoms with Crippen LogP contribution in [0.3, 0.4) is 0 Å². The van der Waals surface area contributed by atoms with Crippen molar-refractivity contribution in [1.82, 2.24) is 10.6 Å². The molecular weight excluding hydrogens is 264 g/mol. The molecule has 0 aliphatic rings. The van der Waals surface area contributed by atoms with E-state index in [-0.39, 0.29) is 26.1 Å². The lowest BCUT2D eigenvalue weighted by Crippen LogP contribution is -2.37. The van der Waals surface area contributed by atoms with Gasteiger partial charge in [-0.15, -0.1) is 0 Å². The Morgan fingerprint density at radius 1 is 1.10 bits per heavy atom. The normalized spacial score (nSPS) is 9.60. The highest BCUT2D eigenvalue weighted by Gasteiger charge is 2.06. The Labute approximate surface area is 115 Å². The number of carbonyl (C=O) groups excluding carboxylic acids is 2. The standard InChI is InChI=1S/C13H16N2O5/c16-11(14-7-6-12(17)18)8-15-13(19)20-9-10-4-2-1-3-5-10/h1-5H,6-9H2,(H,14,16)(H,15,19)(H,17,18). The summed E-state index contributed by atoms with van der Waals surface area (Å²) in [6.07, 6.45) is -0.869. The lowest BCUT2D eigenvalue weighted by Gasteiger charge is -2.07. The first-order chi connectivity index (χ1) is 9.58. The molecule has 0 atom stereocenters. The molecule has 0 fully saturated rings. The van der Waals surface area contributed by atoms with Gasteiger partial charge >= 0.3 is 12.1 Å². The first kappa shape index (κ1) is 15.5. The second-order valence-electron chi connectivity index (χ2n) is 3.91. The molecule has 0 aliphatic heterocycles. The Balaban J connectivity index is 2.13. The van der Waals surface area contributed by atoms with Crippen molar-refractivity contribution >= 4 is 18.0 Å². The Morgan fingerprint density at radius 2 is 1.80 bits per heavy atom. The molecule has 0 spiro atoms. The minimum Gasteiger partial charge on any atom is -0.481 e. The molecule has 0 aromatic heterocycles. The molecule has 20 heavy (non-hydrogen) atoms. The molecule has 0 saturated carbocycles. The van der Waals surface area contributed by atoms with Gasteiger partial charge in [-0.1, -0.05) is 30.3 Å². The molecule has 0 saturated heterocycles. The monoisotopic (exact) mass is 280 g/mol. The van der Waals surface area contributed by atoms with Crippen LogP contribution in [0.1, 0.15) is 12.0 Å². The van der Waals surface area contributed by atoms with Gasteiger partial charge in [0.25, 0.3) is 0 Å². The summed E-state index contributed by atoms with van der Waals surface area (Å²) in [6.45, 7) is -0.116. The highest BCUT2D eigenvalue weighted by molar-refractivity contribution is 5.82. The maximum atomic E-state index is 11.3. The van der Waals surface area contributed by atoms with Gasteiger partial charge in [0.05, 0.1) is 13.0 Å². The van der Waals surface area contributed by atoms with Gasteiger partial charge in [0.15, 0.2) is 0 Å². The molecule has 108 valence electrons. The number of rotatable bonds is 7. The van der Waals surface area contributed by atoms with Crippen LogP contribution in [0.2, 0.25) is 0 Å². The quantitative estimate of drug-likeness (QED) is 0.674. The fourth-order valence-electron chi connectivity index (χ4n) is 1.30. The summed E-state index contributed by atoms with van der Waals surface area (Å²) in [5.41, 5.74) is 0.841. The zero-order valence-corrected chi connectivity index (χ0v) is 10.8. The average Bonchev–Trinajstić information content (AvgIpc) is 2.43. The zero-order chi connectivity index (χ0) is 14.8. The summed E-state index contributed by atoms with van der Waals surface area (Å²) in [5.74, 6) is -1.47. The van der Waals surface area contributed by atoms with Gasteiger partial charge < -0.3 is 20.5 Å². The van der Waals surface area contributed by atoms with E-state index in [1.165, 1.54) is 0 Å². The number of hydrogen-bond donors (Lipinski definition) is 3. The third-order valence-electron chi connectivity index (χ3n) is 2.27. The van der Waals surface area contributed by atoms with Crippen molar-refractivity contribution in [3.63, 3.8) is 0 Å². The molecule has 0 aliphatic carbocycles. The van der Waals surface area contributed by atoms with Crippen molar-refractivity contribution < 1.29 is 24.2 Å². The van der Waals surface area contributed by atoms with Crippen molar-refractivity contribution in [2.75, 3.05) is 13.1 Å². The molecule has 0 radical (unpaired) electrons. The van der Waals surface area contributed by atoms with Crippen LogP contribution in [-0.4, -0.2) is 36.2 Å². The number of benzene rings is 1. The number of nitrogens with one attached hydrogen (secondary N) is 2. The number of ether oxygens (including phenoxy) is 1. The molecule has 1 rings (SSSR count). The van der Waals surface area contributed by atoms with E-state index in [9.17, 15) is 14.4 Å². The van der Waals surface area contributed by atoms with E-state index in [4.69, 9.17) is 9.84 Å². The molecule has 1 aromatic carbocycles. The smallest absolute Gasteiger partial charge is 0.407 e. The van der Waals surface area contributed by atoms with Crippen molar-refractivity contribution in [3.8, 4) is 0 Å². The number of alkyl carbamates (subject to hydrolysis) is 1. The fourth-order valence-corrected chi connectivity index (χ4v) is 1.30. The predicted molar refractivity (Wildman–Crippen MR) is 69.9 cm³/mol. The van der Waals surface area contributed by atoms with Gasteiger partial charge in [-0.3, -0.25) is 9.59 Å². The summed E-state index contributed by atoms with van der Waals surface area (Å²) in [4.78, 5) is 32.8. The molecule has 0 heterocycles. The van der Waals surface area contributed by atoms with E-state index in [0.717, 1.165) is 5.56 Å². The summed E-state index contributed by atoms with van der Waals surface area (Å²) >= 11 is 0. The Kier molecular flexibility index (Phi) is 6.60. The van der Waals surface area contributed by atoms with Gasteiger partial charge in [0, 0.05) is 6.54 Å². The van der Waals surface area contributed by atoms with E-state index in [1.54, 1.807) is 0 Å². The average molecular weight is 280 g/mol. The van der Waals surface area contributed by atoms with Crippen LogP contribution in [0.5, 0.6) is 0 Å². The number of carboxylic acid groups (broad SMARTS) is 1. The lowest BCUT2D eigenvalue weighted by molar-refractivity contribution is -0.136. The van der Waals surface area contributed by atoms with Gasteiger partial charge in [0.2, 0.25) is 5.91 Å². The summed E-state index contributed by atoms with van der Waals surface area (Å²) in [6, 6.07) is 9.13. The maximum absolute atomic E-state index is 11.3. The SMILES string of the molecule is O=C(O)CCNC(=O)CNC(=O)OCc1ccccc1. The zero-order valence-electron chi connectivity index (χ0n) is 10.8. The molecular formula is C13H16N2O5. The van der Waals surface area contributed by atoms with Crippen molar-refractivity contribution in [2.24, 2.45) is 0 Å². The van der Waals surface area contributed by atoms with Crippen LogP contribution in [0.4, 0.5) is 4.79 Å². The molecule has 7 nitrogen and oxygen atoms in total. The van der Waals surface area contributed by atoms with Crippen LogP contribution < -0.4 is 10.6 Å². The lowest BCUT2D eigenvalue weighted by atomic mass is 10.2. The van der Waals surface area contributed by atoms with Crippen LogP contribution >= 0.6 is 0 Å². The van der Waals surface area contributed by atoms with Crippen LogP contribution in [0.15, 0.2) is 30.3 Å². The molecule has 0 bridgehead atoms. The van der Waals surface area contributed by atoms with E-state index in [2.05, 4.69) is 10.6 Å². The minimum atomic E-state index is -1.000. The topological polar surface area (TPSA) is 105 Å². The Bertz CT molecular complexity index is 461. The maximum Gasteiger partial charge on any atom is 0.407 e. The molecule has 3 N–H and O–H groups in total. The molecule has 0 unspecified atom stereocenters. The highest BCUT2D eigenvalue weighted by atomic mass is 16.5. The van der Waals surface area contributed by atoms with E-state index in [0.29, 0.717) is 0 Å². The fraction of sp³-hybridized carbons (Fsp3) is 0.308. The Hall–Kier alpha value is -2.57. The van der Waals surface area contributed by atoms with Crippen molar-refractivity contribution in [2.45, 2.75) is 13.0 Å². The second kappa shape index (κ2) is 8.52. The summed E-state index contributed by atoms with van der Waals surface area (Å²) in [7, 11) is 0. The van der Waals surface area contributed by atoms with Crippen LogP contribution in [0, 0.1) is 0 Å². The first-order valence-electron chi connectivity index (χ1n) is 6.01. The predicted octanol–water partition coefficient (Wildman–Crippen LogP) is 0.504. The third kappa shape index (κ3) is 7.00. The largest absolute Gasteiger partial charge is 0.481 e. The number of hydrogen-bond acceptors (Lipinski definition) is 4. The van der Waals surface area contributed by atoms with Gasteiger partial charge in [0.1, 0.15) is 6.61 Å². The van der Waals surface area contributed by atoms with Crippen LogP contribution in [-0.2, 0) is 20.9 Å². The highest BCUT2D eigenvalue weighted by Crippen LogP contribution is 2.00. The van der Waals surface area contributed by atoms with Gasteiger partial charge in [-0.25, -0.2) is 4.79 Å². The van der Waals surface area contributed by atoms with Gasteiger partial charge in [-0.05, 0) is 5.56 Å². The molecule has 2 amide bonds. The third-order valence-corrected chi connectivity index (χ3v) is 2.27. The summed E-state index contributed by atoms with van der Waals surface area (Å²) in [5, 5.41) is 13.0. The first-order valence-corrected chi connectivity index (χ1v) is 6.01. The van der Waals surface area contributed by atoms with Crippen molar-refractivity contribution in [3.05, 3.63) is 35.9 Å². The van der Waals surface area contributed by atoms with Crippen molar-refractivity contribution in [1.29, 1.82) is 0 Å². The number of aliphatic carboxylic acids is 1. The number of amides is 2. The van der Waals surface area contributed by atoms with Crippen LogP contribution in [0.25, 0.3) is 0 Å². The van der Waals surface area contributed by atoms with Gasteiger partial charge in [-0.2, -0.15) is 0 Å². The van der Waals surface area contributed by atoms with E-state index >= 15 is 0 Å². The molecule has 1 aromatic rings. The number of carbonyl (C=O) groups is 3. The minimum absolute atomic E-state index is 0.0227. The number of carboxylic acids is 1. The molecule has 7 heteroatoms. The van der Waals surface area contributed by atoms with E-state index < -0.39 is 18.0 Å². The second-order valence-corrected chi connectivity index (χ2v) is 3.91. The van der Waals surface area contributed by atoms with E-state index in [1.807, 2.05) is 30.3 Å². The summed E-state index contributed by atoms with van der Waals surface area (Å²) < 4.78 is 4.90. The Morgan fingerprint density at radius 3 is 2.45 bits per heavy atom.